The molecule has 2 rings (SSSR count). The third-order valence-electron chi connectivity index (χ3n) is 3.82. The minimum absolute atomic E-state index is 0.0523. The SMILES string of the molecule is COC(=O)C1CCCCN1C(=O)CCn1c(C)csc1=O. The van der Waals surface area contributed by atoms with Crippen molar-refractivity contribution in [2.75, 3.05) is 13.7 Å². The Kier molecular flexibility index (Phi) is 5.17. The maximum atomic E-state index is 12.4. The van der Waals surface area contributed by atoms with Crippen molar-refractivity contribution in [3.8, 4) is 0 Å². The van der Waals surface area contributed by atoms with Crippen molar-refractivity contribution in [3.63, 3.8) is 0 Å². The molecule has 1 aromatic heterocycles. The molecule has 21 heavy (non-hydrogen) atoms. The van der Waals surface area contributed by atoms with Gasteiger partial charge in [0.15, 0.2) is 0 Å². The number of carbonyl (C=O) groups excluding carboxylic acids is 2. The summed E-state index contributed by atoms with van der Waals surface area (Å²) in [6.07, 6.45) is 2.70. The Morgan fingerprint density at radius 1 is 1.43 bits per heavy atom. The average molecular weight is 312 g/mol. The molecule has 0 radical (unpaired) electrons. The first-order chi connectivity index (χ1) is 10.0. The Morgan fingerprint density at radius 2 is 2.19 bits per heavy atom. The minimum Gasteiger partial charge on any atom is -0.467 e. The fraction of sp³-hybridized carbons (Fsp3) is 0.643. The molecule has 1 atom stereocenters. The van der Waals surface area contributed by atoms with Crippen LogP contribution in [0.15, 0.2) is 10.2 Å². The summed E-state index contributed by atoms with van der Waals surface area (Å²) in [6, 6.07) is -0.475. The van der Waals surface area contributed by atoms with Gasteiger partial charge in [0.1, 0.15) is 6.04 Å². The van der Waals surface area contributed by atoms with Gasteiger partial charge in [-0.25, -0.2) is 4.79 Å². The normalized spacial score (nSPS) is 18.6. The summed E-state index contributed by atoms with van der Waals surface area (Å²) in [4.78, 5) is 37.3. The molecule has 0 aromatic carbocycles. The van der Waals surface area contributed by atoms with E-state index in [-0.39, 0.29) is 23.2 Å². The van der Waals surface area contributed by atoms with Crippen LogP contribution in [0.5, 0.6) is 0 Å². The molecule has 1 unspecified atom stereocenters. The Labute approximate surface area is 127 Å². The van der Waals surface area contributed by atoms with Gasteiger partial charge in [0, 0.05) is 30.6 Å². The van der Waals surface area contributed by atoms with Gasteiger partial charge in [0.25, 0.3) is 0 Å². The largest absolute Gasteiger partial charge is 0.467 e. The molecule has 2 heterocycles. The van der Waals surface area contributed by atoms with Crippen LogP contribution in [0.25, 0.3) is 0 Å². The molecule has 0 spiro atoms. The van der Waals surface area contributed by atoms with Crippen LogP contribution in [0.2, 0.25) is 0 Å². The Morgan fingerprint density at radius 3 is 2.81 bits per heavy atom. The van der Waals surface area contributed by atoms with E-state index in [4.69, 9.17) is 4.74 Å². The lowest BCUT2D eigenvalue weighted by Crippen LogP contribution is -2.48. The van der Waals surface area contributed by atoms with E-state index in [0.717, 1.165) is 29.9 Å². The molecule has 7 heteroatoms. The fourth-order valence-electron chi connectivity index (χ4n) is 2.64. The van der Waals surface area contributed by atoms with Crippen molar-refractivity contribution in [2.24, 2.45) is 0 Å². The molecular formula is C14H20N2O4S. The second-order valence-electron chi connectivity index (χ2n) is 5.17. The van der Waals surface area contributed by atoms with E-state index >= 15 is 0 Å². The summed E-state index contributed by atoms with van der Waals surface area (Å²) in [5.74, 6) is -0.450. The third kappa shape index (κ3) is 3.53. The van der Waals surface area contributed by atoms with Gasteiger partial charge in [0.2, 0.25) is 5.91 Å². The van der Waals surface area contributed by atoms with E-state index in [0.29, 0.717) is 19.5 Å². The molecule has 0 saturated carbocycles. The molecule has 1 aliphatic heterocycles. The second kappa shape index (κ2) is 6.89. The molecule has 6 nitrogen and oxygen atoms in total. The van der Waals surface area contributed by atoms with E-state index < -0.39 is 6.04 Å². The highest BCUT2D eigenvalue weighted by Gasteiger charge is 2.32. The molecule has 1 fully saturated rings. The van der Waals surface area contributed by atoms with Crippen LogP contribution < -0.4 is 4.87 Å². The van der Waals surface area contributed by atoms with Gasteiger partial charge in [-0.2, -0.15) is 0 Å². The van der Waals surface area contributed by atoms with Crippen molar-refractivity contribution < 1.29 is 14.3 Å². The molecule has 0 bridgehead atoms. The molecule has 0 aliphatic carbocycles. The number of esters is 1. The van der Waals surface area contributed by atoms with E-state index in [2.05, 4.69) is 0 Å². The van der Waals surface area contributed by atoms with Crippen molar-refractivity contribution >= 4 is 23.2 Å². The number of likely N-dealkylation sites (tertiary alicyclic amines) is 1. The first kappa shape index (κ1) is 15.8. The lowest BCUT2D eigenvalue weighted by atomic mass is 10.0. The molecule has 1 amide bonds. The lowest BCUT2D eigenvalue weighted by Gasteiger charge is -2.33. The molecule has 1 aliphatic rings. The predicted molar refractivity (Wildman–Crippen MR) is 79.3 cm³/mol. The topological polar surface area (TPSA) is 68.6 Å². The number of amides is 1. The van der Waals surface area contributed by atoms with Crippen LogP contribution in [0.3, 0.4) is 0 Å². The summed E-state index contributed by atoms with van der Waals surface area (Å²) in [7, 11) is 1.34. The maximum Gasteiger partial charge on any atom is 0.328 e. The number of nitrogens with zero attached hydrogens (tertiary/aromatic N) is 2. The zero-order valence-electron chi connectivity index (χ0n) is 12.3. The smallest absolute Gasteiger partial charge is 0.328 e. The second-order valence-corrected chi connectivity index (χ2v) is 5.99. The summed E-state index contributed by atoms with van der Waals surface area (Å²) in [5.41, 5.74) is 0.862. The summed E-state index contributed by atoms with van der Waals surface area (Å²) >= 11 is 1.14. The van der Waals surface area contributed by atoms with E-state index in [1.165, 1.54) is 7.11 Å². The van der Waals surface area contributed by atoms with Crippen LogP contribution in [-0.2, 0) is 20.9 Å². The third-order valence-corrected chi connectivity index (χ3v) is 4.70. The number of carbonyl (C=O) groups is 2. The number of methoxy groups -OCH3 is 1. The number of aromatic nitrogens is 1. The molecule has 1 saturated heterocycles. The van der Waals surface area contributed by atoms with Crippen LogP contribution in [0, 0.1) is 6.92 Å². The number of ether oxygens (including phenoxy) is 1. The first-order valence-corrected chi connectivity index (χ1v) is 7.94. The van der Waals surface area contributed by atoms with E-state index in [9.17, 15) is 14.4 Å². The van der Waals surface area contributed by atoms with Gasteiger partial charge in [-0.15, -0.1) is 0 Å². The summed E-state index contributed by atoms with van der Waals surface area (Å²) < 4.78 is 6.37. The number of thiazole rings is 1. The van der Waals surface area contributed by atoms with Crippen LogP contribution in [-0.4, -0.2) is 41.0 Å². The van der Waals surface area contributed by atoms with Gasteiger partial charge < -0.3 is 14.2 Å². The van der Waals surface area contributed by atoms with Gasteiger partial charge in [-0.1, -0.05) is 11.3 Å². The number of rotatable bonds is 4. The van der Waals surface area contributed by atoms with Crippen LogP contribution in [0.4, 0.5) is 0 Å². The molecule has 0 N–H and O–H groups in total. The quantitative estimate of drug-likeness (QED) is 0.783. The number of hydrogen-bond acceptors (Lipinski definition) is 5. The fourth-order valence-corrected chi connectivity index (χ4v) is 3.40. The first-order valence-electron chi connectivity index (χ1n) is 7.07. The van der Waals surface area contributed by atoms with Crippen molar-refractivity contribution in [2.45, 2.75) is 45.2 Å². The highest BCUT2D eigenvalue weighted by atomic mass is 32.1. The predicted octanol–water partition coefficient (Wildman–Crippen LogP) is 1.16. The maximum absolute atomic E-state index is 12.4. The summed E-state index contributed by atoms with van der Waals surface area (Å²) in [6.45, 7) is 2.79. The average Bonchev–Trinajstić information content (AvgIpc) is 2.82. The van der Waals surface area contributed by atoms with Gasteiger partial charge in [-0.3, -0.25) is 9.59 Å². The van der Waals surface area contributed by atoms with E-state index in [1.54, 1.807) is 14.8 Å². The van der Waals surface area contributed by atoms with Crippen molar-refractivity contribution in [1.82, 2.24) is 9.47 Å². The van der Waals surface area contributed by atoms with E-state index in [1.807, 2.05) is 6.92 Å². The number of piperidine rings is 1. The molecular weight excluding hydrogens is 292 g/mol. The van der Waals surface area contributed by atoms with Crippen LogP contribution in [0.1, 0.15) is 31.4 Å². The number of hydrogen-bond donors (Lipinski definition) is 0. The Hall–Kier alpha value is -1.63. The summed E-state index contributed by atoms with van der Waals surface area (Å²) in [5, 5.41) is 1.78. The zero-order chi connectivity index (χ0) is 15.4. The van der Waals surface area contributed by atoms with Gasteiger partial charge in [-0.05, 0) is 26.2 Å². The van der Waals surface area contributed by atoms with Gasteiger partial charge in [0.05, 0.1) is 7.11 Å². The standard InChI is InChI=1S/C14H20N2O4S/c1-10-9-21-14(19)15(10)8-6-12(17)16-7-4-3-5-11(16)13(18)20-2/h9,11H,3-8H2,1-2H3. The van der Waals surface area contributed by atoms with Crippen molar-refractivity contribution in [3.05, 3.63) is 20.7 Å². The molecule has 116 valence electrons. The highest BCUT2D eigenvalue weighted by Crippen LogP contribution is 2.19. The lowest BCUT2D eigenvalue weighted by molar-refractivity contribution is -0.154. The molecule has 1 aromatic rings. The number of aryl methyl sites for hydroxylation is 1. The van der Waals surface area contributed by atoms with Crippen molar-refractivity contribution in [1.29, 1.82) is 0 Å². The monoisotopic (exact) mass is 312 g/mol. The Balaban J connectivity index is 2.01. The zero-order valence-corrected chi connectivity index (χ0v) is 13.1. The minimum atomic E-state index is -0.475. The van der Waals surface area contributed by atoms with Gasteiger partial charge >= 0.3 is 10.8 Å². The highest BCUT2D eigenvalue weighted by molar-refractivity contribution is 7.07. The Bertz CT molecular complexity index is 578. The van der Waals surface area contributed by atoms with Crippen LogP contribution >= 0.6 is 11.3 Å².